The van der Waals surface area contributed by atoms with Gasteiger partial charge in [-0.15, -0.1) is 0 Å². The summed E-state index contributed by atoms with van der Waals surface area (Å²) >= 11 is 0. The lowest BCUT2D eigenvalue weighted by molar-refractivity contribution is 0.147. The first kappa shape index (κ1) is 18.4. The zero-order valence-corrected chi connectivity index (χ0v) is 15.6. The predicted molar refractivity (Wildman–Crippen MR) is 104 cm³/mol. The molecule has 0 aliphatic carbocycles. The van der Waals surface area contributed by atoms with Crippen LogP contribution in [0.25, 0.3) is 16.8 Å². The highest BCUT2D eigenvalue weighted by Gasteiger charge is 2.21. The lowest BCUT2D eigenvalue weighted by Crippen LogP contribution is -2.10. The van der Waals surface area contributed by atoms with Gasteiger partial charge in [-0.3, -0.25) is 9.38 Å². The van der Waals surface area contributed by atoms with E-state index < -0.39 is 6.43 Å². The first-order valence-electron chi connectivity index (χ1n) is 9.36. The second-order valence-electron chi connectivity index (χ2n) is 6.81. The number of ether oxygens (including phenoxy) is 1. The van der Waals surface area contributed by atoms with Crippen molar-refractivity contribution >= 4 is 11.6 Å². The van der Waals surface area contributed by atoms with E-state index in [0.29, 0.717) is 41.5 Å². The van der Waals surface area contributed by atoms with Crippen LogP contribution >= 0.6 is 0 Å². The van der Waals surface area contributed by atoms with E-state index in [4.69, 9.17) is 4.74 Å². The minimum Gasteiger partial charge on any atom is -0.493 e. The van der Waals surface area contributed by atoms with Gasteiger partial charge in [0.15, 0.2) is 0 Å². The standard InChI is InChI=1S/C21H16F3N5O/c22-16-3-4-17-12(5-9-30-17)14(16)10-27-21-28-11-15(20-26-7-8-29(20)21)13-2-1-6-25-18(13)19(23)24/h1-4,6-8,11,19H,5,9-10H2,(H,27,28). The van der Waals surface area contributed by atoms with Gasteiger partial charge in [0, 0.05) is 60.0 Å². The molecule has 4 heterocycles. The molecule has 0 amide bonds. The van der Waals surface area contributed by atoms with Gasteiger partial charge in [0.25, 0.3) is 6.43 Å². The van der Waals surface area contributed by atoms with Crippen molar-refractivity contribution in [1.82, 2.24) is 19.4 Å². The Kier molecular flexibility index (Phi) is 4.50. The number of hydrogen-bond acceptors (Lipinski definition) is 5. The fourth-order valence-electron chi connectivity index (χ4n) is 3.73. The summed E-state index contributed by atoms with van der Waals surface area (Å²) in [5.74, 6) is 0.798. The van der Waals surface area contributed by atoms with Gasteiger partial charge >= 0.3 is 0 Å². The molecule has 0 atom stereocenters. The second kappa shape index (κ2) is 7.33. The van der Waals surface area contributed by atoms with Crippen LogP contribution in [0.15, 0.2) is 49.1 Å². The van der Waals surface area contributed by atoms with Crippen LogP contribution in [0.4, 0.5) is 19.1 Å². The second-order valence-corrected chi connectivity index (χ2v) is 6.81. The number of rotatable bonds is 5. The number of anilines is 1. The Balaban J connectivity index is 1.51. The normalized spacial score (nSPS) is 12.9. The lowest BCUT2D eigenvalue weighted by Gasteiger charge is -2.14. The van der Waals surface area contributed by atoms with E-state index in [1.54, 1.807) is 35.0 Å². The summed E-state index contributed by atoms with van der Waals surface area (Å²) < 4.78 is 48.4. The number of halogens is 3. The monoisotopic (exact) mass is 411 g/mol. The molecule has 1 aliphatic heterocycles. The van der Waals surface area contributed by atoms with Gasteiger partial charge in [-0.25, -0.2) is 23.1 Å². The summed E-state index contributed by atoms with van der Waals surface area (Å²) in [6.45, 7) is 0.731. The van der Waals surface area contributed by atoms with Crippen LogP contribution in [0, 0.1) is 5.82 Å². The smallest absolute Gasteiger partial charge is 0.280 e. The molecule has 0 bridgehead atoms. The van der Waals surface area contributed by atoms with E-state index in [2.05, 4.69) is 20.3 Å². The van der Waals surface area contributed by atoms with Crippen LogP contribution in [-0.2, 0) is 13.0 Å². The quantitative estimate of drug-likeness (QED) is 0.527. The number of fused-ring (bicyclic) bond motifs is 2. The molecule has 0 spiro atoms. The summed E-state index contributed by atoms with van der Waals surface area (Å²) in [7, 11) is 0. The van der Waals surface area contributed by atoms with Gasteiger partial charge in [-0.2, -0.15) is 0 Å². The molecule has 1 aliphatic rings. The number of alkyl halides is 2. The summed E-state index contributed by atoms with van der Waals surface area (Å²) in [6, 6.07) is 6.18. The summed E-state index contributed by atoms with van der Waals surface area (Å²) in [5.41, 5.74) is 2.20. The Bertz CT molecular complexity index is 1240. The summed E-state index contributed by atoms with van der Waals surface area (Å²) in [5, 5.41) is 3.13. The minimum atomic E-state index is -2.72. The van der Waals surface area contributed by atoms with Gasteiger partial charge in [0.1, 0.15) is 22.9 Å². The average Bonchev–Trinajstić information content (AvgIpc) is 3.42. The Hall–Kier alpha value is -3.62. The highest BCUT2D eigenvalue weighted by Crippen LogP contribution is 2.33. The Morgan fingerprint density at radius 2 is 2.00 bits per heavy atom. The predicted octanol–water partition coefficient (Wildman–Crippen LogP) is 4.42. The van der Waals surface area contributed by atoms with Crippen LogP contribution < -0.4 is 10.1 Å². The van der Waals surface area contributed by atoms with E-state index in [9.17, 15) is 13.2 Å². The molecule has 0 saturated carbocycles. The molecule has 152 valence electrons. The summed E-state index contributed by atoms with van der Waals surface area (Å²) in [6.07, 6.45) is 3.95. The van der Waals surface area contributed by atoms with Crippen molar-refractivity contribution in [1.29, 1.82) is 0 Å². The molecule has 0 fully saturated rings. The SMILES string of the molecule is Fc1ccc2c(c1CNc1ncc(-c3cccnc3C(F)F)c3nccn13)CCO2. The van der Waals surface area contributed by atoms with Crippen LogP contribution in [0.3, 0.4) is 0 Å². The zero-order chi connectivity index (χ0) is 20.7. The average molecular weight is 411 g/mol. The maximum absolute atomic E-state index is 14.4. The Labute approximate surface area is 169 Å². The summed E-state index contributed by atoms with van der Waals surface area (Å²) in [4.78, 5) is 12.5. The Morgan fingerprint density at radius 1 is 1.10 bits per heavy atom. The molecular formula is C21H16F3N5O. The van der Waals surface area contributed by atoms with E-state index in [0.717, 1.165) is 5.56 Å². The van der Waals surface area contributed by atoms with Gasteiger partial charge in [-0.05, 0) is 18.2 Å². The highest BCUT2D eigenvalue weighted by atomic mass is 19.3. The van der Waals surface area contributed by atoms with Crippen molar-refractivity contribution in [3.63, 3.8) is 0 Å². The van der Waals surface area contributed by atoms with Crippen molar-refractivity contribution < 1.29 is 17.9 Å². The van der Waals surface area contributed by atoms with Crippen LogP contribution in [0.1, 0.15) is 23.2 Å². The van der Waals surface area contributed by atoms with Gasteiger partial charge in [0.05, 0.1) is 6.61 Å². The Morgan fingerprint density at radius 3 is 2.87 bits per heavy atom. The van der Waals surface area contributed by atoms with Crippen molar-refractivity contribution in [2.45, 2.75) is 19.4 Å². The molecule has 0 unspecified atom stereocenters. The molecule has 3 aromatic heterocycles. The largest absolute Gasteiger partial charge is 0.493 e. The van der Waals surface area contributed by atoms with E-state index >= 15 is 0 Å². The fraction of sp³-hybridized carbons (Fsp3) is 0.190. The number of nitrogens with one attached hydrogen (secondary N) is 1. The zero-order valence-electron chi connectivity index (χ0n) is 15.6. The highest BCUT2D eigenvalue weighted by molar-refractivity contribution is 5.79. The molecule has 9 heteroatoms. The molecule has 30 heavy (non-hydrogen) atoms. The van der Waals surface area contributed by atoms with E-state index in [-0.39, 0.29) is 23.6 Å². The molecule has 0 saturated heterocycles. The number of imidazole rings is 1. The third-order valence-corrected chi connectivity index (χ3v) is 5.13. The molecule has 4 aromatic rings. The van der Waals surface area contributed by atoms with E-state index in [1.807, 2.05) is 0 Å². The van der Waals surface area contributed by atoms with E-state index in [1.165, 1.54) is 18.5 Å². The van der Waals surface area contributed by atoms with Crippen LogP contribution in [0.2, 0.25) is 0 Å². The minimum absolute atomic E-state index is 0.202. The molecule has 5 rings (SSSR count). The molecule has 6 nitrogen and oxygen atoms in total. The molecule has 1 N–H and O–H groups in total. The number of benzene rings is 1. The van der Waals surface area contributed by atoms with Crippen molar-refractivity contribution in [3.05, 3.63) is 71.7 Å². The molecular weight excluding hydrogens is 395 g/mol. The van der Waals surface area contributed by atoms with Gasteiger partial charge < -0.3 is 10.1 Å². The maximum atomic E-state index is 14.4. The van der Waals surface area contributed by atoms with Crippen molar-refractivity contribution in [2.75, 3.05) is 11.9 Å². The van der Waals surface area contributed by atoms with Crippen LogP contribution in [-0.4, -0.2) is 26.0 Å². The van der Waals surface area contributed by atoms with Gasteiger partial charge in [0.2, 0.25) is 5.95 Å². The number of nitrogens with zero attached hydrogens (tertiary/aromatic N) is 4. The maximum Gasteiger partial charge on any atom is 0.280 e. The first-order chi connectivity index (χ1) is 14.6. The number of hydrogen-bond donors (Lipinski definition) is 1. The van der Waals surface area contributed by atoms with Gasteiger partial charge in [-0.1, -0.05) is 6.07 Å². The third kappa shape index (κ3) is 3.02. The third-order valence-electron chi connectivity index (χ3n) is 5.13. The first-order valence-corrected chi connectivity index (χ1v) is 9.36. The molecule has 0 radical (unpaired) electrons. The molecule has 1 aromatic carbocycles. The fourth-order valence-corrected chi connectivity index (χ4v) is 3.73. The number of pyridine rings is 1. The number of aromatic nitrogens is 4. The van der Waals surface area contributed by atoms with Crippen molar-refractivity contribution in [3.8, 4) is 16.9 Å². The van der Waals surface area contributed by atoms with Crippen molar-refractivity contribution in [2.24, 2.45) is 0 Å². The lowest BCUT2D eigenvalue weighted by atomic mass is 10.0. The van der Waals surface area contributed by atoms with Crippen LogP contribution in [0.5, 0.6) is 5.75 Å². The topological polar surface area (TPSA) is 64.3 Å².